The van der Waals surface area contributed by atoms with Crippen LogP contribution in [-0.2, 0) is 0 Å². The van der Waals surface area contributed by atoms with Crippen LogP contribution in [0.2, 0.25) is 0 Å². The third kappa shape index (κ3) is 2.78. The van der Waals surface area contributed by atoms with Crippen molar-refractivity contribution in [3.63, 3.8) is 0 Å². The fourth-order valence-corrected chi connectivity index (χ4v) is 2.75. The van der Waals surface area contributed by atoms with Crippen LogP contribution in [0, 0.1) is 17.0 Å². The number of pyridine rings is 1. The lowest BCUT2D eigenvalue weighted by molar-refractivity contribution is -0.385. The Labute approximate surface area is 131 Å². The Morgan fingerprint density at radius 2 is 2.35 bits per heavy atom. The monoisotopic (exact) mass is 316 g/mol. The molecular weight excluding hydrogens is 300 g/mol. The average molecular weight is 316 g/mol. The zero-order chi connectivity index (χ0) is 16.4. The number of aromatic amines is 1. The van der Waals surface area contributed by atoms with Gasteiger partial charge in [-0.25, -0.2) is 0 Å². The van der Waals surface area contributed by atoms with E-state index in [0.717, 1.165) is 5.56 Å². The van der Waals surface area contributed by atoms with E-state index in [0.29, 0.717) is 19.6 Å². The molecule has 1 aliphatic heterocycles. The van der Waals surface area contributed by atoms with E-state index in [1.807, 2.05) is 6.07 Å². The van der Waals surface area contributed by atoms with E-state index in [2.05, 4.69) is 20.5 Å². The molecule has 2 aromatic heterocycles. The molecule has 0 radical (unpaired) electrons. The predicted octanol–water partition coefficient (Wildman–Crippen LogP) is 0.808. The largest absolute Gasteiger partial charge is 0.327 e. The number of rotatable bonds is 3. The van der Waals surface area contributed by atoms with Crippen LogP contribution in [-0.4, -0.2) is 50.5 Å². The van der Waals surface area contributed by atoms with Crippen LogP contribution in [0.15, 0.2) is 24.5 Å². The van der Waals surface area contributed by atoms with Crippen molar-refractivity contribution < 1.29 is 9.72 Å². The SMILES string of the molecule is Cc1[nH]nc(C(=O)N2CCNCC2c2cccnc2)c1[N+](=O)[O-]. The summed E-state index contributed by atoms with van der Waals surface area (Å²) >= 11 is 0. The maximum absolute atomic E-state index is 12.8. The van der Waals surface area contributed by atoms with Crippen LogP contribution in [0.4, 0.5) is 5.69 Å². The van der Waals surface area contributed by atoms with Crippen molar-refractivity contribution in [3.8, 4) is 0 Å². The maximum Gasteiger partial charge on any atom is 0.322 e. The van der Waals surface area contributed by atoms with Gasteiger partial charge in [0.1, 0.15) is 5.69 Å². The van der Waals surface area contributed by atoms with Crippen LogP contribution in [0.3, 0.4) is 0 Å². The number of hydrogen-bond acceptors (Lipinski definition) is 6. The number of amides is 1. The minimum Gasteiger partial charge on any atom is -0.327 e. The van der Waals surface area contributed by atoms with Crippen LogP contribution < -0.4 is 5.32 Å². The Balaban J connectivity index is 1.95. The summed E-state index contributed by atoms with van der Waals surface area (Å²) in [6.45, 7) is 3.16. The second kappa shape index (κ2) is 6.13. The molecule has 0 spiro atoms. The lowest BCUT2D eigenvalue weighted by Gasteiger charge is -2.35. The predicted molar refractivity (Wildman–Crippen MR) is 80.9 cm³/mol. The van der Waals surface area contributed by atoms with E-state index in [-0.39, 0.29) is 23.1 Å². The van der Waals surface area contributed by atoms with Crippen molar-refractivity contribution in [2.24, 2.45) is 0 Å². The first-order valence-electron chi connectivity index (χ1n) is 7.20. The van der Waals surface area contributed by atoms with Gasteiger partial charge in [0, 0.05) is 32.0 Å². The number of aromatic nitrogens is 3. The van der Waals surface area contributed by atoms with Crippen molar-refractivity contribution in [2.75, 3.05) is 19.6 Å². The number of hydrogen-bond donors (Lipinski definition) is 2. The Hall–Kier alpha value is -2.81. The Morgan fingerprint density at radius 1 is 1.52 bits per heavy atom. The third-order valence-electron chi connectivity index (χ3n) is 3.87. The maximum atomic E-state index is 12.8. The number of aryl methyl sites for hydroxylation is 1. The van der Waals surface area contributed by atoms with E-state index in [4.69, 9.17) is 0 Å². The minimum atomic E-state index is -0.576. The highest BCUT2D eigenvalue weighted by atomic mass is 16.6. The van der Waals surface area contributed by atoms with Gasteiger partial charge in [-0.05, 0) is 18.6 Å². The molecule has 1 unspecified atom stereocenters. The van der Waals surface area contributed by atoms with Gasteiger partial charge in [-0.15, -0.1) is 0 Å². The highest BCUT2D eigenvalue weighted by Gasteiger charge is 2.35. The number of carbonyl (C=O) groups excluding carboxylic acids is 1. The zero-order valence-electron chi connectivity index (χ0n) is 12.5. The van der Waals surface area contributed by atoms with Crippen molar-refractivity contribution >= 4 is 11.6 Å². The van der Waals surface area contributed by atoms with E-state index in [9.17, 15) is 14.9 Å². The summed E-state index contributed by atoms with van der Waals surface area (Å²) in [5.41, 5.74) is 0.733. The summed E-state index contributed by atoms with van der Waals surface area (Å²) in [5, 5.41) is 20.8. The van der Waals surface area contributed by atoms with Gasteiger partial charge in [-0.3, -0.25) is 25.0 Å². The van der Waals surface area contributed by atoms with Gasteiger partial charge in [0.25, 0.3) is 5.91 Å². The van der Waals surface area contributed by atoms with Crippen LogP contribution in [0.25, 0.3) is 0 Å². The molecule has 1 amide bonds. The van der Waals surface area contributed by atoms with E-state index >= 15 is 0 Å². The van der Waals surface area contributed by atoms with Crippen LogP contribution >= 0.6 is 0 Å². The highest BCUT2D eigenvalue weighted by Crippen LogP contribution is 2.27. The molecule has 0 aliphatic carbocycles. The summed E-state index contributed by atoms with van der Waals surface area (Å²) in [6.07, 6.45) is 3.36. The molecular formula is C14H16N6O3. The minimum absolute atomic E-state index is 0.150. The lowest BCUT2D eigenvalue weighted by Crippen LogP contribution is -2.48. The molecule has 1 atom stereocenters. The molecule has 23 heavy (non-hydrogen) atoms. The number of nitro groups is 1. The molecule has 3 heterocycles. The molecule has 9 nitrogen and oxygen atoms in total. The van der Waals surface area contributed by atoms with Crippen LogP contribution in [0.1, 0.15) is 27.8 Å². The van der Waals surface area contributed by atoms with Gasteiger partial charge in [-0.1, -0.05) is 6.07 Å². The smallest absolute Gasteiger partial charge is 0.322 e. The lowest BCUT2D eigenvalue weighted by atomic mass is 10.0. The second-order valence-electron chi connectivity index (χ2n) is 5.31. The van der Waals surface area contributed by atoms with Gasteiger partial charge in [0.15, 0.2) is 0 Å². The molecule has 0 aromatic carbocycles. The summed E-state index contributed by atoms with van der Waals surface area (Å²) < 4.78 is 0. The van der Waals surface area contributed by atoms with Crippen molar-refractivity contribution in [2.45, 2.75) is 13.0 Å². The molecule has 1 aliphatic rings. The fraction of sp³-hybridized carbons (Fsp3) is 0.357. The second-order valence-corrected chi connectivity index (χ2v) is 5.31. The van der Waals surface area contributed by atoms with Gasteiger partial charge >= 0.3 is 5.69 Å². The molecule has 2 N–H and O–H groups in total. The summed E-state index contributed by atoms with van der Waals surface area (Å²) in [4.78, 5) is 29.1. The highest BCUT2D eigenvalue weighted by molar-refractivity contribution is 5.96. The Morgan fingerprint density at radius 3 is 3.04 bits per heavy atom. The Bertz CT molecular complexity index is 729. The number of nitrogens with zero attached hydrogens (tertiary/aromatic N) is 4. The number of carbonyl (C=O) groups is 1. The number of piperazine rings is 1. The third-order valence-corrected chi connectivity index (χ3v) is 3.87. The molecule has 120 valence electrons. The van der Waals surface area contributed by atoms with Crippen molar-refractivity contribution in [1.29, 1.82) is 0 Å². The van der Waals surface area contributed by atoms with Crippen LogP contribution in [0.5, 0.6) is 0 Å². The van der Waals surface area contributed by atoms with E-state index in [1.165, 1.54) is 6.92 Å². The molecule has 3 rings (SSSR count). The standard InChI is InChI=1S/C14H16N6O3/c1-9-13(20(22)23)12(18-17-9)14(21)19-6-5-16-8-11(19)10-3-2-4-15-7-10/h2-4,7,11,16H,5-6,8H2,1H3,(H,17,18). The molecule has 1 fully saturated rings. The van der Waals surface area contributed by atoms with E-state index in [1.54, 1.807) is 23.4 Å². The van der Waals surface area contributed by atoms with Gasteiger partial charge in [-0.2, -0.15) is 5.10 Å². The first kappa shape index (κ1) is 15.1. The van der Waals surface area contributed by atoms with Crippen molar-refractivity contribution in [1.82, 2.24) is 25.4 Å². The van der Waals surface area contributed by atoms with Crippen molar-refractivity contribution in [3.05, 3.63) is 51.6 Å². The Kier molecular flexibility index (Phi) is 4.02. The molecule has 9 heteroatoms. The van der Waals surface area contributed by atoms with E-state index < -0.39 is 10.8 Å². The number of nitrogens with one attached hydrogen (secondary N) is 2. The first-order valence-corrected chi connectivity index (χ1v) is 7.20. The molecule has 1 saturated heterocycles. The van der Waals surface area contributed by atoms with Gasteiger partial charge in [0.05, 0.1) is 11.0 Å². The average Bonchev–Trinajstić information content (AvgIpc) is 2.97. The quantitative estimate of drug-likeness (QED) is 0.639. The molecule has 0 bridgehead atoms. The topological polar surface area (TPSA) is 117 Å². The van der Waals surface area contributed by atoms with Gasteiger partial charge in [0.2, 0.25) is 5.69 Å². The normalized spacial score (nSPS) is 18.0. The summed E-state index contributed by atoms with van der Waals surface area (Å²) in [5.74, 6) is -0.448. The summed E-state index contributed by atoms with van der Waals surface area (Å²) in [6, 6.07) is 3.45. The summed E-state index contributed by atoms with van der Waals surface area (Å²) in [7, 11) is 0. The fourth-order valence-electron chi connectivity index (χ4n) is 2.75. The number of H-pyrrole nitrogens is 1. The van der Waals surface area contributed by atoms with Gasteiger partial charge < -0.3 is 10.2 Å². The zero-order valence-corrected chi connectivity index (χ0v) is 12.5. The first-order chi connectivity index (χ1) is 11.1. The molecule has 0 saturated carbocycles. The molecule has 2 aromatic rings.